The van der Waals surface area contributed by atoms with E-state index < -0.39 is 29.6 Å². The number of rotatable bonds is 7. The fourth-order valence-corrected chi connectivity index (χ4v) is 7.17. The maximum absolute atomic E-state index is 14.0. The quantitative estimate of drug-likeness (QED) is 0.157. The summed E-state index contributed by atoms with van der Waals surface area (Å²) in [6.07, 6.45) is 0.500. The van der Waals surface area contributed by atoms with Crippen molar-refractivity contribution < 1.29 is 29.4 Å². The molecule has 2 unspecified atom stereocenters. The number of benzene rings is 3. The number of carbonyl (C=O) groups is 4. The second-order valence-electron chi connectivity index (χ2n) is 13.3. The minimum Gasteiger partial charge on any atom is -0.508 e. The Balaban J connectivity index is 1.24. The molecule has 2 saturated heterocycles. The number of amides is 5. The zero-order chi connectivity index (χ0) is 36.0. The number of phenolic OH excluding ortho intramolecular Hbond substituents is 2. The minimum absolute atomic E-state index is 0.0639. The Morgan fingerprint density at radius 1 is 0.980 bits per heavy atom. The fourth-order valence-electron chi connectivity index (χ4n) is 7.17. The van der Waals surface area contributed by atoms with Crippen LogP contribution < -0.4 is 21.6 Å². The van der Waals surface area contributed by atoms with E-state index in [-0.39, 0.29) is 60.0 Å². The molecule has 0 spiro atoms. The van der Waals surface area contributed by atoms with Crippen LogP contribution in [0.2, 0.25) is 0 Å². The number of anilines is 1. The molecule has 0 saturated carbocycles. The molecule has 5 amide bonds. The van der Waals surface area contributed by atoms with E-state index in [0.29, 0.717) is 54.2 Å². The molecule has 15 heteroatoms. The van der Waals surface area contributed by atoms with Gasteiger partial charge in [-0.3, -0.25) is 19.7 Å². The third-order valence-corrected chi connectivity index (χ3v) is 9.74. The molecular formula is C36H38N8O7. The number of fused-ring (bicyclic) bond motifs is 1. The van der Waals surface area contributed by atoms with Crippen LogP contribution in [-0.2, 0) is 16.0 Å². The summed E-state index contributed by atoms with van der Waals surface area (Å²) in [7, 11) is 0. The van der Waals surface area contributed by atoms with Crippen molar-refractivity contribution in [1.29, 1.82) is 0 Å². The van der Waals surface area contributed by atoms with E-state index >= 15 is 0 Å². The Bertz CT molecular complexity index is 2100. The highest BCUT2D eigenvalue weighted by molar-refractivity contribution is 6.07. The van der Waals surface area contributed by atoms with Crippen LogP contribution >= 0.6 is 0 Å². The van der Waals surface area contributed by atoms with Gasteiger partial charge in [0.2, 0.25) is 11.8 Å². The van der Waals surface area contributed by atoms with Gasteiger partial charge in [-0.2, -0.15) is 5.10 Å². The first kappa shape index (κ1) is 33.5. The van der Waals surface area contributed by atoms with Gasteiger partial charge in [-0.15, -0.1) is 0 Å². The van der Waals surface area contributed by atoms with Crippen LogP contribution in [0.25, 0.3) is 17.1 Å². The molecule has 6 N–H and O–H groups in total. The normalized spacial score (nSPS) is 19.0. The summed E-state index contributed by atoms with van der Waals surface area (Å²) in [5.74, 6) is -1.54. The first-order chi connectivity index (χ1) is 24.5. The van der Waals surface area contributed by atoms with E-state index in [1.165, 1.54) is 15.5 Å². The van der Waals surface area contributed by atoms with Gasteiger partial charge in [0.25, 0.3) is 5.91 Å². The Labute approximate surface area is 292 Å². The molecule has 3 aliphatic heterocycles. The summed E-state index contributed by atoms with van der Waals surface area (Å²) < 4.78 is 1.31. The maximum atomic E-state index is 14.0. The smallest absolute Gasteiger partial charge is 0.348 e. The average molecular weight is 695 g/mol. The summed E-state index contributed by atoms with van der Waals surface area (Å²) in [6.45, 7) is 6.19. The van der Waals surface area contributed by atoms with E-state index in [9.17, 15) is 34.2 Å². The van der Waals surface area contributed by atoms with Crippen molar-refractivity contribution in [3.05, 3.63) is 87.3 Å². The number of hydrogen-bond acceptors (Lipinski definition) is 9. The van der Waals surface area contributed by atoms with Crippen LogP contribution in [0.3, 0.4) is 0 Å². The van der Waals surface area contributed by atoms with Crippen LogP contribution in [0.1, 0.15) is 65.7 Å². The van der Waals surface area contributed by atoms with E-state index in [1.54, 1.807) is 53.4 Å². The predicted molar refractivity (Wildman–Crippen MR) is 186 cm³/mol. The van der Waals surface area contributed by atoms with Crippen molar-refractivity contribution in [3.63, 3.8) is 0 Å². The molecule has 4 heterocycles. The monoisotopic (exact) mass is 694 g/mol. The maximum Gasteiger partial charge on any atom is 0.348 e. The van der Waals surface area contributed by atoms with E-state index in [4.69, 9.17) is 0 Å². The van der Waals surface area contributed by atoms with Crippen LogP contribution in [0, 0.1) is 0 Å². The van der Waals surface area contributed by atoms with E-state index in [0.717, 1.165) is 5.56 Å². The largest absolute Gasteiger partial charge is 0.508 e. The van der Waals surface area contributed by atoms with Gasteiger partial charge in [-0.25, -0.2) is 19.3 Å². The molecule has 1 aromatic heterocycles. The summed E-state index contributed by atoms with van der Waals surface area (Å²) in [6, 6.07) is 13.1. The number of H-pyrrole nitrogens is 1. The number of aromatic hydroxyl groups is 2. The highest BCUT2D eigenvalue weighted by atomic mass is 16.3. The molecular weight excluding hydrogens is 656 g/mol. The fraction of sp³-hybridized carbons (Fsp3) is 0.333. The molecule has 2 fully saturated rings. The van der Waals surface area contributed by atoms with Gasteiger partial charge in [0.05, 0.1) is 17.3 Å². The van der Waals surface area contributed by atoms with E-state index in [1.807, 2.05) is 13.8 Å². The van der Waals surface area contributed by atoms with Crippen LogP contribution in [0.15, 0.2) is 59.4 Å². The van der Waals surface area contributed by atoms with Gasteiger partial charge in [-0.05, 0) is 60.2 Å². The van der Waals surface area contributed by atoms with Gasteiger partial charge < -0.3 is 30.6 Å². The first-order valence-electron chi connectivity index (χ1n) is 16.9. The number of aromatic amines is 1. The van der Waals surface area contributed by atoms with Gasteiger partial charge in [0.1, 0.15) is 17.5 Å². The van der Waals surface area contributed by atoms with Crippen molar-refractivity contribution >= 4 is 29.4 Å². The Kier molecular flexibility index (Phi) is 8.81. The second-order valence-corrected chi connectivity index (χ2v) is 13.3. The Morgan fingerprint density at radius 3 is 2.43 bits per heavy atom. The zero-order valence-corrected chi connectivity index (χ0v) is 28.1. The van der Waals surface area contributed by atoms with Crippen molar-refractivity contribution in [3.8, 4) is 28.6 Å². The Morgan fingerprint density at radius 2 is 1.73 bits per heavy atom. The number of imide groups is 1. The average Bonchev–Trinajstić information content (AvgIpc) is 3.62. The third-order valence-electron chi connectivity index (χ3n) is 9.74. The molecule has 3 aliphatic rings. The predicted octanol–water partition coefficient (Wildman–Crippen LogP) is 2.74. The second kappa shape index (κ2) is 13.4. The van der Waals surface area contributed by atoms with Crippen LogP contribution in [0.5, 0.6) is 11.5 Å². The van der Waals surface area contributed by atoms with Crippen LogP contribution in [-0.4, -0.2) is 90.8 Å². The number of urea groups is 1. The SMILES string of the molecule is CC(C)c1cc(-c2n[nH]c(=O)n2-c2ccc(CC3c4c(NC(=O)N5CCNCC5)cccc4C(=O)N3C3CCC(=O)NC3=O)cc2)c(O)cc1O. The molecule has 0 radical (unpaired) electrons. The Hall–Kier alpha value is -5.96. The van der Waals surface area contributed by atoms with E-state index in [2.05, 4.69) is 26.1 Å². The van der Waals surface area contributed by atoms with Crippen molar-refractivity contribution in [2.45, 2.75) is 51.1 Å². The third kappa shape index (κ3) is 6.20. The number of piperazine rings is 1. The molecule has 51 heavy (non-hydrogen) atoms. The number of hydrogen-bond donors (Lipinski definition) is 6. The van der Waals surface area contributed by atoms with Crippen molar-refractivity contribution in [2.75, 3.05) is 31.5 Å². The highest BCUT2D eigenvalue weighted by Gasteiger charge is 2.46. The van der Waals surface area contributed by atoms with Gasteiger partial charge in [-0.1, -0.05) is 32.0 Å². The topological polar surface area (TPSA) is 202 Å². The number of piperidine rings is 1. The van der Waals surface area contributed by atoms with Gasteiger partial charge in [0, 0.05) is 55.5 Å². The number of carbonyl (C=O) groups excluding carboxylic acids is 4. The first-order valence-corrected chi connectivity index (χ1v) is 16.9. The summed E-state index contributed by atoms with van der Waals surface area (Å²) in [5, 5.41) is 36.3. The molecule has 0 bridgehead atoms. The minimum atomic E-state index is -0.899. The summed E-state index contributed by atoms with van der Waals surface area (Å²) in [5.41, 5.74) is 2.91. The molecule has 4 aromatic rings. The van der Waals surface area contributed by atoms with Crippen molar-refractivity contribution in [2.24, 2.45) is 0 Å². The number of phenols is 2. The van der Waals surface area contributed by atoms with Gasteiger partial charge >= 0.3 is 11.7 Å². The van der Waals surface area contributed by atoms with Crippen molar-refractivity contribution in [1.82, 2.24) is 35.2 Å². The molecule has 264 valence electrons. The lowest BCUT2D eigenvalue weighted by atomic mass is 9.94. The molecule has 0 aliphatic carbocycles. The number of nitrogens with one attached hydrogen (secondary N) is 4. The lowest BCUT2D eigenvalue weighted by Gasteiger charge is -2.35. The number of aromatic nitrogens is 3. The zero-order valence-electron chi connectivity index (χ0n) is 28.1. The summed E-state index contributed by atoms with van der Waals surface area (Å²) >= 11 is 0. The molecule has 15 nitrogen and oxygen atoms in total. The lowest BCUT2D eigenvalue weighted by Crippen LogP contribution is -2.53. The molecule has 2 atom stereocenters. The van der Waals surface area contributed by atoms with Crippen LogP contribution in [0.4, 0.5) is 10.5 Å². The highest BCUT2D eigenvalue weighted by Crippen LogP contribution is 2.43. The van der Waals surface area contributed by atoms with Gasteiger partial charge in [0.15, 0.2) is 5.82 Å². The number of nitrogens with zero attached hydrogens (tertiary/aromatic N) is 4. The summed E-state index contributed by atoms with van der Waals surface area (Å²) in [4.78, 5) is 68.8. The molecule has 3 aromatic carbocycles. The standard InChI is InChI=1S/C36H38N8O7/c1-19(2)23-17-24(29(46)18-28(23)45)32-40-41-36(51)43(32)21-8-6-20(7-9-21)16-27-31-22(34(49)44(27)26-10-11-30(47)39-33(26)48)4-3-5-25(31)38-35(50)42-14-12-37-13-15-42/h3-9,17-19,26-27,37,45-46H,10-16H2,1-2H3,(H,38,50)(H,41,51)(H,39,47,48). The molecule has 7 rings (SSSR count). The lowest BCUT2D eigenvalue weighted by molar-refractivity contribution is -0.137.